The van der Waals surface area contributed by atoms with Crippen LogP contribution in [-0.4, -0.2) is 44.8 Å². The van der Waals surface area contributed by atoms with E-state index in [2.05, 4.69) is 50.2 Å². The second kappa shape index (κ2) is 8.40. The van der Waals surface area contributed by atoms with E-state index in [4.69, 9.17) is 0 Å². The summed E-state index contributed by atoms with van der Waals surface area (Å²) in [5.74, 6) is -0.579. The molecule has 0 radical (unpaired) electrons. The largest absolute Gasteiger partial charge is 0.481 e. The van der Waals surface area contributed by atoms with Crippen LogP contribution in [0.25, 0.3) is 0 Å². The standard InChI is InChI=1S/C19H27N5O2/c1-3-12(2)17(19(25)26)16(18-21-23-24-22-18)10-13-4-6-14(7-5-13)15-8-9-20-11-15/h4-7,12,15-17,20H,3,8-11H2,1-2H3,(H,25,26)(H,21,22,23,24)/t12?,15?,16-,17?/m0/s1. The Morgan fingerprint density at radius 3 is 2.65 bits per heavy atom. The molecule has 1 aliphatic rings. The van der Waals surface area contributed by atoms with Gasteiger partial charge >= 0.3 is 5.97 Å². The van der Waals surface area contributed by atoms with Gasteiger partial charge in [0.05, 0.1) is 5.92 Å². The molecule has 0 saturated carbocycles. The Labute approximate surface area is 153 Å². The van der Waals surface area contributed by atoms with Crippen LogP contribution in [0.4, 0.5) is 0 Å². The number of hydrogen-bond donors (Lipinski definition) is 3. The first-order valence-corrected chi connectivity index (χ1v) is 9.35. The lowest BCUT2D eigenvalue weighted by atomic mass is 9.77. The molecular formula is C19H27N5O2. The van der Waals surface area contributed by atoms with E-state index in [9.17, 15) is 9.90 Å². The summed E-state index contributed by atoms with van der Waals surface area (Å²) in [5, 5.41) is 27.5. The smallest absolute Gasteiger partial charge is 0.307 e. The van der Waals surface area contributed by atoms with Gasteiger partial charge in [0.1, 0.15) is 0 Å². The molecule has 1 saturated heterocycles. The molecule has 7 nitrogen and oxygen atoms in total. The normalized spacial score (nSPS) is 20.6. The van der Waals surface area contributed by atoms with Gasteiger partial charge < -0.3 is 10.4 Å². The molecule has 0 aliphatic carbocycles. The van der Waals surface area contributed by atoms with Gasteiger partial charge in [-0.05, 0) is 42.3 Å². The van der Waals surface area contributed by atoms with Crippen molar-refractivity contribution in [1.29, 1.82) is 0 Å². The minimum Gasteiger partial charge on any atom is -0.481 e. The van der Waals surface area contributed by atoms with Gasteiger partial charge in [0.2, 0.25) is 0 Å². The van der Waals surface area contributed by atoms with Crippen molar-refractivity contribution in [2.75, 3.05) is 13.1 Å². The Morgan fingerprint density at radius 2 is 2.12 bits per heavy atom. The van der Waals surface area contributed by atoms with Crippen LogP contribution in [0.2, 0.25) is 0 Å². The van der Waals surface area contributed by atoms with Gasteiger partial charge in [0.25, 0.3) is 0 Å². The first-order chi connectivity index (χ1) is 12.6. The maximum Gasteiger partial charge on any atom is 0.307 e. The summed E-state index contributed by atoms with van der Waals surface area (Å²) in [4.78, 5) is 12.0. The summed E-state index contributed by atoms with van der Waals surface area (Å²) in [7, 11) is 0. The molecule has 26 heavy (non-hydrogen) atoms. The van der Waals surface area contributed by atoms with E-state index in [1.54, 1.807) is 0 Å². The van der Waals surface area contributed by atoms with Crippen molar-refractivity contribution in [3.05, 3.63) is 41.2 Å². The zero-order valence-corrected chi connectivity index (χ0v) is 15.4. The fourth-order valence-electron chi connectivity index (χ4n) is 3.89. The number of carbonyl (C=O) groups is 1. The van der Waals surface area contributed by atoms with Gasteiger partial charge in [-0.25, -0.2) is 0 Å². The zero-order valence-electron chi connectivity index (χ0n) is 15.4. The number of benzene rings is 1. The average Bonchev–Trinajstić information content (AvgIpc) is 3.35. The molecule has 0 bridgehead atoms. The molecule has 140 valence electrons. The van der Waals surface area contributed by atoms with Gasteiger partial charge in [0, 0.05) is 12.5 Å². The van der Waals surface area contributed by atoms with Crippen molar-refractivity contribution < 1.29 is 9.90 Å². The molecule has 3 N–H and O–H groups in total. The molecule has 2 heterocycles. The van der Waals surface area contributed by atoms with Crippen molar-refractivity contribution in [3.63, 3.8) is 0 Å². The zero-order chi connectivity index (χ0) is 18.5. The SMILES string of the molecule is CCC(C)C(C(=O)O)[C@H](Cc1ccc(C2CCNC2)cc1)c1nn[nH]n1. The number of H-pyrrole nitrogens is 1. The molecule has 2 aromatic rings. The van der Waals surface area contributed by atoms with E-state index in [1.165, 1.54) is 12.0 Å². The predicted molar refractivity (Wildman–Crippen MR) is 97.9 cm³/mol. The fraction of sp³-hybridized carbons (Fsp3) is 0.579. The predicted octanol–water partition coefficient (Wildman–Crippen LogP) is 2.35. The third-order valence-electron chi connectivity index (χ3n) is 5.64. The van der Waals surface area contributed by atoms with E-state index in [-0.39, 0.29) is 11.8 Å². The number of aromatic nitrogens is 4. The number of rotatable bonds is 8. The number of hydrogen-bond acceptors (Lipinski definition) is 5. The van der Waals surface area contributed by atoms with Gasteiger partial charge in [-0.2, -0.15) is 5.21 Å². The molecule has 0 amide bonds. The molecule has 1 aromatic heterocycles. The van der Waals surface area contributed by atoms with Crippen LogP contribution >= 0.6 is 0 Å². The minimum atomic E-state index is -0.803. The van der Waals surface area contributed by atoms with E-state index >= 15 is 0 Å². The number of aliphatic carboxylic acids is 1. The number of carboxylic acid groups (broad SMARTS) is 1. The molecule has 7 heteroatoms. The Bertz CT molecular complexity index is 695. The van der Waals surface area contributed by atoms with Gasteiger partial charge in [-0.1, -0.05) is 49.7 Å². The third kappa shape index (κ3) is 4.09. The first kappa shape index (κ1) is 18.5. The van der Waals surface area contributed by atoms with E-state index < -0.39 is 11.9 Å². The third-order valence-corrected chi connectivity index (χ3v) is 5.64. The first-order valence-electron chi connectivity index (χ1n) is 9.35. The van der Waals surface area contributed by atoms with Crippen LogP contribution < -0.4 is 5.32 Å². The molecule has 3 rings (SSSR count). The highest BCUT2D eigenvalue weighted by molar-refractivity contribution is 5.71. The number of tetrazole rings is 1. The van der Waals surface area contributed by atoms with Crippen LogP contribution in [-0.2, 0) is 11.2 Å². The topological polar surface area (TPSA) is 104 Å². The summed E-state index contributed by atoms with van der Waals surface area (Å²) in [6, 6.07) is 8.55. The van der Waals surface area contributed by atoms with Crippen LogP contribution in [0.15, 0.2) is 24.3 Å². The van der Waals surface area contributed by atoms with Crippen molar-refractivity contribution in [2.45, 2.75) is 44.9 Å². The van der Waals surface area contributed by atoms with Crippen molar-refractivity contribution >= 4 is 5.97 Å². The maximum atomic E-state index is 12.0. The highest BCUT2D eigenvalue weighted by Gasteiger charge is 2.36. The lowest BCUT2D eigenvalue weighted by Crippen LogP contribution is -2.30. The minimum absolute atomic E-state index is 0.0276. The van der Waals surface area contributed by atoms with Gasteiger partial charge in [-0.3, -0.25) is 4.79 Å². The molecule has 1 fully saturated rings. The Morgan fingerprint density at radius 1 is 1.35 bits per heavy atom. The van der Waals surface area contributed by atoms with E-state index in [1.807, 2.05) is 13.8 Å². The summed E-state index contributed by atoms with van der Waals surface area (Å²) >= 11 is 0. The molecular weight excluding hydrogens is 330 g/mol. The highest BCUT2D eigenvalue weighted by Crippen LogP contribution is 2.33. The van der Waals surface area contributed by atoms with E-state index in [0.717, 1.165) is 25.1 Å². The second-order valence-corrected chi connectivity index (χ2v) is 7.26. The average molecular weight is 357 g/mol. The maximum absolute atomic E-state index is 12.0. The molecule has 4 atom stereocenters. The lowest BCUT2D eigenvalue weighted by molar-refractivity contribution is -0.144. The molecule has 1 aliphatic heterocycles. The van der Waals surface area contributed by atoms with Crippen LogP contribution in [0.1, 0.15) is 55.5 Å². The van der Waals surface area contributed by atoms with Crippen LogP contribution in [0, 0.1) is 11.8 Å². The highest BCUT2D eigenvalue weighted by atomic mass is 16.4. The fourth-order valence-corrected chi connectivity index (χ4v) is 3.89. The Kier molecular flexibility index (Phi) is 5.98. The summed E-state index contributed by atoms with van der Waals surface area (Å²) < 4.78 is 0. The summed E-state index contributed by atoms with van der Waals surface area (Å²) in [6.45, 7) is 6.09. The van der Waals surface area contributed by atoms with Crippen LogP contribution in [0.5, 0.6) is 0 Å². The quantitative estimate of drug-likeness (QED) is 0.670. The second-order valence-electron chi connectivity index (χ2n) is 7.26. The number of aromatic amines is 1. The number of nitrogens with zero attached hydrogens (tertiary/aromatic N) is 3. The van der Waals surface area contributed by atoms with E-state index in [0.29, 0.717) is 18.2 Å². The Balaban J connectivity index is 1.82. The molecule has 0 spiro atoms. The lowest BCUT2D eigenvalue weighted by Gasteiger charge is -2.26. The number of carboxylic acids is 1. The van der Waals surface area contributed by atoms with Gasteiger partial charge in [-0.15, -0.1) is 10.2 Å². The summed E-state index contributed by atoms with van der Waals surface area (Å²) in [5.41, 5.74) is 2.44. The molecule has 1 aromatic carbocycles. The Hall–Kier alpha value is -2.28. The van der Waals surface area contributed by atoms with Crippen molar-refractivity contribution in [1.82, 2.24) is 25.9 Å². The molecule has 3 unspecified atom stereocenters. The number of nitrogens with one attached hydrogen (secondary N) is 2. The van der Waals surface area contributed by atoms with Crippen LogP contribution in [0.3, 0.4) is 0 Å². The van der Waals surface area contributed by atoms with Crippen molar-refractivity contribution in [3.8, 4) is 0 Å². The van der Waals surface area contributed by atoms with Gasteiger partial charge in [0.15, 0.2) is 5.82 Å². The monoisotopic (exact) mass is 357 g/mol. The van der Waals surface area contributed by atoms with Crippen molar-refractivity contribution in [2.24, 2.45) is 11.8 Å². The summed E-state index contributed by atoms with van der Waals surface area (Å²) in [6.07, 6.45) is 2.54.